The minimum Gasteiger partial charge on any atom is -0.461 e. The fraction of sp³-hybridized carbons (Fsp3) is 0.238. The van der Waals surface area contributed by atoms with Gasteiger partial charge in [0.1, 0.15) is 6.61 Å². The summed E-state index contributed by atoms with van der Waals surface area (Å²) >= 11 is 0. The summed E-state index contributed by atoms with van der Waals surface area (Å²) in [5.41, 5.74) is 1.34. The number of aryl methyl sites for hydroxylation is 1. The highest BCUT2D eigenvalue weighted by molar-refractivity contribution is 5.73. The van der Waals surface area contributed by atoms with Crippen molar-refractivity contribution >= 4 is 11.7 Å². The van der Waals surface area contributed by atoms with Gasteiger partial charge in [-0.25, -0.2) is 4.68 Å². The number of carbonyl (C=O) groups excluding carboxylic acids is 1. The number of carbonyl (C=O) groups is 1. The van der Waals surface area contributed by atoms with Crippen LogP contribution in [0, 0.1) is 24.0 Å². The predicted octanol–water partition coefficient (Wildman–Crippen LogP) is 4.70. The number of hydrogen-bond acceptors (Lipinski definition) is 5. The zero-order valence-electron chi connectivity index (χ0n) is 16.6. The van der Waals surface area contributed by atoms with E-state index in [1.165, 1.54) is 35.0 Å². The molecule has 1 heterocycles. The molecule has 0 saturated heterocycles. The minimum atomic E-state index is -4.48. The van der Waals surface area contributed by atoms with E-state index >= 15 is 0 Å². The van der Waals surface area contributed by atoms with Crippen LogP contribution in [0.1, 0.15) is 28.1 Å². The van der Waals surface area contributed by atoms with Crippen LogP contribution < -0.4 is 0 Å². The highest BCUT2D eigenvalue weighted by atomic mass is 19.4. The molecule has 0 radical (unpaired) electrons. The summed E-state index contributed by atoms with van der Waals surface area (Å²) < 4.78 is 45.6. The van der Waals surface area contributed by atoms with E-state index in [0.717, 1.165) is 12.1 Å². The predicted molar refractivity (Wildman–Crippen MR) is 105 cm³/mol. The Kier molecular flexibility index (Phi) is 6.09. The third kappa shape index (κ3) is 5.08. The Labute approximate surface area is 175 Å². The molecule has 162 valence electrons. The molecular weight excluding hydrogens is 415 g/mol. The van der Waals surface area contributed by atoms with Gasteiger partial charge in [-0.05, 0) is 37.6 Å². The molecule has 0 unspecified atom stereocenters. The number of non-ortho nitro benzene ring substituents is 1. The first-order chi connectivity index (χ1) is 14.6. The zero-order chi connectivity index (χ0) is 22.8. The molecule has 0 spiro atoms. The van der Waals surface area contributed by atoms with E-state index in [2.05, 4.69) is 5.10 Å². The zero-order valence-corrected chi connectivity index (χ0v) is 16.6. The molecule has 0 aliphatic carbocycles. The summed E-state index contributed by atoms with van der Waals surface area (Å²) in [5.74, 6) is -0.582. The van der Waals surface area contributed by atoms with Crippen molar-refractivity contribution < 1.29 is 27.6 Å². The summed E-state index contributed by atoms with van der Waals surface area (Å²) in [4.78, 5) is 22.6. The van der Waals surface area contributed by atoms with Crippen molar-refractivity contribution in [3.8, 4) is 5.69 Å². The summed E-state index contributed by atoms with van der Waals surface area (Å²) in [6.45, 7) is 3.17. The summed E-state index contributed by atoms with van der Waals surface area (Å²) in [5, 5.41) is 15.1. The lowest BCUT2D eigenvalue weighted by atomic mass is 10.1. The maximum atomic E-state index is 13.0. The maximum Gasteiger partial charge on any atom is 0.416 e. The van der Waals surface area contributed by atoms with Crippen LogP contribution in [-0.2, 0) is 28.7 Å². The van der Waals surface area contributed by atoms with Gasteiger partial charge >= 0.3 is 12.1 Å². The number of benzene rings is 2. The normalized spacial score (nSPS) is 11.4. The van der Waals surface area contributed by atoms with Gasteiger partial charge in [0.25, 0.3) is 5.69 Å². The van der Waals surface area contributed by atoms with Crippen molar-refractivity contribution in [3.63, 3.8) is 0 Å². The lowest BCUT2D eigenvalue weighted by molar-refractivity contribution is -0.384. The molecule has 0 saturated carbocycles. The molecule has 0 aliphatic rings. The van der Waals surface area contributed by atoms with E-state index in [1.54, 1.807) is 19.9 Å². The minimum absolute atomic E-state index is 0.109. The molecule has 31 heavy (non-hydrogen) atoms. The fourth-order valence-corrected chi connectivity index (χ4v) is 3.12. The third-order valence-corrected chi connectivity index (χ3v) is 4.70. The van der Waals surface area contributed by atoms with E-state index in [4.69, 9.17) is 4.74 Å². The summed E-state index contributed by atoms with van der Waals surface area (Å²) in [7, 11) is 0. The van der Waals surface area contributed by atoms with Crippen molar-refractivity contribution in [1.82, 2.24) is 9.78 Å². The van der Waals surface area contributed by atoms with Crippen LogP contribution in [0.2, 0.25) is 0 Å². The smallest absolute Gasteiger partial charge is 0.416 e. The molecule has 3 rings (SSSR count). The summed E-state index contributed by atoms with van der Waals surface area (Å²) in [6.07, 6.45) is -4.61. The van der Waals surface area contributed by atoms with E-state index in [1.807, 2.05) is 0 Å². The van der Waals surface area contributed by atoms with Crippen LogP contribution in [0.15, 0.2) is 48.5 Å². The number of ether oxygens (including phenoxy) is 1. The van der Waals surface area contributed by atoms with Crippen LogP contribution in [-0.4, -0.2) is 20.7 Å². The van der Waals surface area contributed by atoms with E-state index in [-0.39, 0.29) is 24.4 Å². The second-order valence-electron chi connectivity index (χ2n) is 6.87. The Morgan fingerprint density at radius 3 is 2.55 bits per heavy atom. The molecule has 0 bridgehead atoms. The van der Waals surface area contributed by atoms with Gasteiger partial charge in [-0.3, -0.25) is 14.9 Å². The van der Waals surface area contributed by atoms with E-state index < -0.39 is 22.6 Å². The number of aromatic nitrogens is 2. The van der Waals surface area contributed by atoms with Gasteiger partial charge in [0.05, 0.1) is 28.3 Å². The Hall–Kier alpha value is -3.69. The number of halogens is 3. The highest BCUT2D eigenvalue weighted by Gasteiger charge is 2.30. The van der Waals surface area contributed by atoms with Crippen molar-refractivity contribution in [2.75, 3.05) is 0 Å². The van der Waals surface area contributed by atoms with Gasteiger partial charge in [0, 0.05) is 23.4 Å². The van der Waals surface area contributed by atoms with Gasteiger partial charge in [-0.2, -0.15) is 18.3 Å². The molecule has 0 fully saturated rings. The molecule has 1 aromatic heterocycles. The quantitative estimate of drug-likeness (QED) is 0.319. The number of rotatable bonds is 6. The first-order valence-electron chi connectivity index (χ1n) is 9.18. The monoisotopic (exact) mass is 433 g/mol. The number of hydrogen-bond donors (Lipinski definition) is 0. The van der Waals surface area contributed by atoms with Gasteiger partial charge in [0.2, 0.25) is 0 Å². The second kappa shape index (κ2) is 8.58. The SMILES string of the molecule is Cc1nn(-c2cccc(C(F)(F)F)c2)c(C)c1CC(=O)OCc1cccc([N+](=O)[O-])c1. The Balaban J connectivity index is 1.75. The molecule has 2 aromatic carbocycles. The van der Waals surface area contributed by atoms with E-state index in [9.17, 15) is 28.1 Å². The second-order valence-corrected chi connectivity index (χ2v) is 6.87. The first-order valence-corrected chi connectivity index (χ1v) is 9.18. The molecule has 0 amide bonds. The average molecular weight is 433 g/mol. The van der Waals surface area contributed by atoms with Crippen molar-refractivity contribution in [3.05, 3.63) is 86.7 Å². The number of esters is 1. The first kappa shape index (κ1) is 22.0. The molecule has 10 heteroatoms. The highest BCUT2D eigenvalue weighted by Crippen LogP contribution is 2.31. The van der Waals surface area contributed by atoms with Crippen LogP contribution >= 0.6 is 0 Å². The van der Waals surface area contributed by atoms with Crippen molar-refractivity contribution in [2.24, 2.45) is 0 Å². The molecule has 0 N–H and O–H groups in total. The number of nitro groups is 1. The number of alkyl halides is 3. The van der Waals surface area contributed by atoms with Gasteiger partial charge in [-0.15, -0.1) is 0 Å². The van der Waals surface area contributed by atoms with Gasteiger partial charge in [-0.1, -0.05) is 18.2 Å². The van der Waals surface area contributed by atoms with Crippen LogP contribution in [0.5, 0.6) is 0 Å². The number of nitrogens with zero attached hydrogens (tertiary/aromatic N) is 3. The largest absolute Gasteiger partial charge is 0.461 e. The van der Waals surface area contributed by atoms with Crippen LogP contribution in [0.3, 0.4) is 0 Å². The van der Waals surface area contributed by atoms with Gasteiger partial charge < -0.3 is 4.74 Å². The molecule has 7 nitrogen and oxygen atoms in total. The van der Waals surface area contributed by atoms with E-state index in [0.29, 0.717) is 22.5 Å². The molecule has 0 atom stereocenters. The van der Waals surface area contributed by atoms with Crippen molar-refractivity contribution in [2.45, 2.75) is 33.1 Å². The van der Waals surface area contributed by atoms with Gasteiger partial charge in [0.15, 0.2) is 0 Å². The third-order valence-electron chi connectivity index (χ3n) is 4.70. The summed E-state index contributed by atoms with van der Waals surface area (Å²) in [6, 6.07) is 10.5. The topological polar surface area (TPSA) is 87.3 Å². The Morgan fingerprint density at radius 2 is 1.87 bits per heavy atom. The number of nitro benzene ring substituents is 1. The maximum absolute atomic E-state index is 13.0. The fourth-order valence-electron chi connectivity index (χ4n) is 3.12. The standard InChI is InChI=1S/C21H18F3N3O4/c1-13-19(11-20(28)31-12-15-5-3-8-18(9-15)27(29)30)14(2)26(25-13)17-7-4-6-16(10-17)21(22,23)24/h3-10H,11-12H2,1-2H3. The lowest BCUT2D eigenvalue weighted by Gasteiger charge is -2.10. The van der Waals surface area contributed by atoms with Crippen LogP contribution in [0.4, 0.5) is 18.9 Å². The molecular formula is C21H18F3N3O4. The van der Waals surface area contributed by atoms with Crippen molar-refractivity contribution in [1.29, 1.82) is 0 Å². The Bertz CT molecular complexity index is 1140. The lowest BCUT2D eigenvalue weighted by Crippen LogP contribution is -2.10. The molecule has 0 aliphatic heterocycles. The molecule has 3 aromatic rings. The Morgan fingerprint density at radius 1 is 1.16 bits per heavy atom. The van der Waals surface area contributed by atoms with Crippen LogP contribution in [0.25, 0.3) is 5.69 Å². The average Bonchev–Trinajstić information content (AvgIpc) is 3.00.